The van der Waals surface area contributed by atoms with Gasteiger partial charge in [-0.3, -0.25) is 4.79 Å². The average molecular weight is 477 g/mol. The van der Waals surface area contributed by atoms with Crippen molar-refractivity contribution in [2.45, 2.75) is 38.0 Å². The van der Waals surface area contributed by atoms with Crippen LogP contribution in [0.25, 0.3) is 11.3 Å². The number of hydrogen-bond donors (Lipinski definition) is 1. The molecule has 9 heteroatoms. The molecule has 3 aromatic rings. The number of pyridine rings is 1. The Morgan fingerprint density at radius 2 is 1.97 bits per heavy atom. The van der Waals surface area contributed by atoms with Crippen LogP contribution in [-0.2, 0) is 4.79 Å². The minimum atomic E-state index is -0.461. The van der Waals surface area contributed by atoms with Gasteiger partial charge in [0.1, 0.15) is 11.1 Å². The third kappa shape index (κ3) is 4.79. The lowest BCUT2D eigenvalue weighted by Gasteiger charge is -2.14. The summed E-state index contributed by atoms with van der Waals surface area (Å²) in [5.41, 5.74) is 4.65. The number of hydrogen-bond acceptors (Lipinski definition) is 6. The predicted molar refractivity (Wildman–Crippen MR) is 125 cm³/mol. The number of benzene rings is 1. The van der Waals surface area contributed by atoms with Gasteiger partial charge in [-0.1, -0.05) is 35.0 Å². The summed E-state index contributed by atoms with van der Waals surface area (Å²) in [6.07, 6.45) is 0. The van der Waals surface area contributed by atoms with Crippen LogP contribution in [0.5, 0.6) is 0 Å². The zero-order valence-corrected chi connectivity index (χ0v) is 19.9. The molecule has 0 bridgehead atoms. The third-order valence-electron chi connectivity index (χ3n) is 4.67. The van der Waals surface area contributed by atoms with Crippen molar-refractivity contribution in [2.75, 3.05) is 5.32 Å². The van der Waals surface area contributed by atoms with E-state index in [1.54, 1.807) is 25.1 Å². The first-order chi connectivity index (χ1) is 14.2. The Hall–Kier alpha value is -2.11. The Balaban J connectivity index is 1.75. The lowest BCUT2D eigenvalue weighted by molar-refractivity contribution is -0.115. The highest BCUT2D eigenvalue weighted by molar-refractivity contribution is 8.00. The standard InChI is InChI=1S/C21H18Cl2N4OS2/c1-10-11(2)16(8-24)20(25-12(10)3)30-13(4)19(28)27-21-26-18(9-29-21)15-6-5-14(22)7-17(15)23/h5-7,9,13H,1-4H3,(H,26,27,28). The number of thioether (sulfide) groups is 1. The molecule has 2 heterocycles. The van der Waals surface area contributed by atoms with E-state index in [0.717, 1.165) is 22.4 Å². The van der Waals surface area contributed by atoms with Crippen molar-refractivity contribution in [3.05, 3.63) is 56.0 Å². The molecule has 0 aliphatic carbocycles. The molecule has 3 rings (SSSR count). The number of nitrogens with one attached hydrogen (secondary N) is 1. The number of amides is 1. The summed E-state index contributed by atoms with van der Waals surface area (Å²) in [6, 6.07) is 7.40. The zero-order valence-electron chi connectivity index (χ0n) is 16.7. The Bertz CT molecular complexity index is 1170. The van der Waals surface area contributed by atoms with Crippen LogP contribution in [0, 0.1) is 32.1 Å². The lowest BCUT2D eigenvalue weighted by Crippen LogP contribution is -2.22. The van der Waals surface area contributed by atoms with Crippen molar-refractivity contribution >= 4 is 57.3 Å². The Labute approximate surface area is 193 Å². The number of thiazole rings is 1. The van der Waals surface area contributed by atoms with Crippen LogP contribution in [-0.4, -0.2) is 21.1 Å². The summed E-state index contributed by atoms with van der Waals surface area (Å²) in [5.74, 6) is -0.218. The van der Waals surface area contributed by atoms with Gasteiger partial charge in [0, 0.05) is 21.7 Å². The summed E-state index contributed by atoms with van der Waals surface area (Å²) in [5, 5.41) is 15.8. The van der Waals surface area contributed by atoms with Gasteiger partial charge in [0.05, 0.1) is 21.5 Å². The average Bonchev–Trinajstić information content (AvgIpc) is 3.14. The van der Waals surface area contributed by atoms with Crippen LogP contribution in [0.15, 0.2) is 28.6 Å². The van der Waals surface area contributed by atoms with Crippen molar-refractivity contribution in [1.82, 2.24) is 9.97 Å². The number of halogens is 2. The molecule has 0 spiro atoms. The second-order valence-electron chi connectivity index (χ2n) is 6.65. The summed E-state index contributed by atoms with van der Waals surface area (Å²) < 4.78 is 0. The van der Waals surface area contributed by atoms with Gasteiger partial charge in [-0.05, 0) is 57.0 Å². The minimum Gasteiger partial charge on any atom is -0.301 e. The first-order valence-corrected chi connectivity index (χ1v) is 11.5. The molecule has 1 N–H and O–H groups in total. The Kier molecular flexibility index (Phi) is 7.04. The summed E-state index contributed by atoms with van der Waals surface area (Å²) in [7, 11) is 0. The molecule has 1 amide bonds. The number of aryl methyl sites for hydroxylation is 1. The van der Waals surface area contributed by atoms with Crippen molar-refractivity contribution in [2.24, 2.45) is 0 Å². The van der Waals surface area contributed by atoms with E-state index < -0.39 is 5.25 Å². The van der Waals surface area contributed by atoms with Crippen molar-refractivity contribution in [1.29, 1.82) is 5.26 Å². The number of carbonyl (C=O) groups is 1. The molecule has 154 valence electrons. The van der Waals surface area contributed by atoms with Gasteiger partial charge < -0.3 is 5.32 Å². The Morgan fingerprint density at radius 3 is 2.63 bits per heavy atom. The van der Waals surface area contributed by atoms with Crippen LogP contribution in [0.3, 0.4) is 0 Å². The number of rotatable bonds is 5. The normalized spacial score (nSPS) is 11.8. The Morgan fingerprint density at radius 1 is 1.23 bits per heavy atom. The molecule has 0 aliphatic heterocycles. The molecule has 1 unspecified atom stereocenters. The molecule has 1 atom stereocenters. The molecule has 0 saturated heterocycles. The minimum absolute atomic E-state index is 0.218. The molecule has 0 aliphatic rings. The second-order valence-corrected chi connectivity index (χ2v) is 9.68. The highest BCUT2D eigenvalue weighted by Crippen LogP contribution is 2.33. The van der Waals surface area contributed by atoms with Gasteiger partial charge in [-0.25, -0.2) is 9.97 Å². The topological polar surface area (TPSA) is 78.7 Å². The van der Waals surface area contributed by atoms with Gasteiger partial charge >= 0.3 is 0 Å². The predicted octanol–water partition coefficient (Wildman–Crippen LogP) is 6.43. The SMILES string of the molecule is Cc1nc(SC(C)C(=O)Nc2nc(-c3ccc(Cl)cc3Cl)cs2)c(C#N)c(C)c1C. The molecule has 2 aromatic heterocycles. The van der Waals surface area contributed by atoms with Crippen molar-refractivity contribution in [3.63, 3.8) is 0 Å². The number of nitrogens with zero attached hydrogens (tertiary/aromatic N) is 3. The van der Waals surface area contributed by atoms with Gasteiger partial charge in [-0.2, -0.15) is 5.26 Å². The number of anilines is 1. The zero-order chi connectivity index (χ0) is 22.0. The summed E-state index contributed by atoms with van der Waals surface area (Å²) in [4.78, 5) is 21.7. The summed E-state index contributed by atoms with van der Waals surface area (Å²) >= 11 is 14.8. The van der Waals surface area contributed by atoms with Gasteiger partial charge in [0.15, 0.2) is 5.13 Å². The van der Waals surface area contributed by atoms with Gasteiger partial charge in [-0.15, -0.1) is 11.3 Å². The molecule has 0 fully saturated rings. The molecule has 0 saturated carbocycles. The van der Waals surface area contributed by atoms with Crippen molar-refractivity contribution in [3.8, 4) is 17.3 Å². The van der Waals surface area contributed by atoms with E-state index in [0.29, 0.717) is 31.5 Å². The van der Waals surface area contributed by atoms with E-state index in [1.165, 1.54) is 23.1 Å². The van der Waals surface area contributed by atoms with E-state index in [4.69, 9.17) is 23.2 Å². The van der Waals surface area contributed by atoms with Crippen LogP contribution in [0.2, 0.25) is 10.0 Å². The van der Waals surface area contributed by atoms with E-state index in [1.807, 2.05) is 26.2 Å². The fourth-order valence-corrected chi connectivity index (χ4v) is 4.93. The van der Waals surface area contributed by atoms with E-state index in [-0.39, 0.29) is 5.91 Å². The maximum atomic E-state index is 12.7. The lowest BCUT2D eigenvalue weighted by atomic mass is 10.1. The monoisotopic (exact) mass is 476 g/mol. The van der Waals surface area contributed by atoms with E-state index in [2.05, 4.69) is 21.4 Å². The van der Waals surface area contributed by atoms with Crippen LogP contribution >= 0.6 is 46.3 Å². The van der Waals surface area contributed by atoms with Crippen LogP contribution in [0.1, 0.15) is 29.3 Å². The molecule has 0 radical (unpaired) electrons. The number of aromatic nitrogens is 2. The maximum Gasteiger partial charge on any atom is 0.239 e. The number of nitriles is 1. The first-order valence-electron chi connectivity index (χ1n) is 8.97. The molecule has 5 nitrogen and oxygen atoms in total. The fraction of sp³-hybridized carbons (Fsp3) is 0.238. The summed E-state index contributed by atoms with van der Waals surface area (Å²) in [6.45, 7) is 7.52. The number of carbonyl (C=O) groups excluding carboxylic acids is 1. The second kappa shape index (κ2) is 9.36. The highest BCUT2D eigenvalue weighted by atomic mass is 35.5. The molecular formula is C21H18Cl2N4OS2. The van der Waals surface area contributed by atoms with Gasteiger partial charge in [0.2, 0.25) is 5.91 Å². The van der Waals surface area contributed by atoms with E-state index in [9.17, 15) is 10.1 Å². The largest absolute Gasteiger partial charge is 0.301 e. The van der Waals surface area contributed by atoms with Crippen LogP contribution < -0.4 is 5.32 Å². The van der Waals surface area contributed by atoms with Crippen LogP contribution in [0.4, 0.5) is 5.13 Å². The van der Waals surface area contributed by atoms with Crippen molar-refractivity contribution < 1.29 is 4.79 Å². The molecule has 30 heavy (non-hydrogen) atoms. The maximum absolute atomic E-state index is 12.7. The first kappa shape index (κ1) is 22.6. The highest BCUT2D eigenvalue weighted by Gasteiger charge is 2.21. The van der Waals surface area contributed by atoms with E-state index >= 15 is 0 Å². The quantitative estimate of drug-likeness (QED) is 0.429. The third-order valence-corrected chi connectivity index (χ3v) is 7.07. The molecule has 1 aromatic carbocycles. The van der Waals surface area contributed by atoms with Gasteiger partial charge in [0.25, 0.3) is 0 Å². The smallest absolute Gasteiger partial charge is 0.239 e. The fourth-order valence-electron chi connectivity index (χ4n) is 2.71. The molecular weight excluding hydrogens is 459 g/mol.